The van der Waals surface area contributed by atoms with Gasteiger partial charge in [-0.2, -0.15) is 0 Å². The van der Waals surface area contributed by atoms with Crippen LogP contribution in [-0.2, 0) is 6.42 Å². The largest absolute Gasteiger partial charge is 0.309 e. The summed E-state index contributed by atoms with van der Waals surface area (Å²) in [5.74, 6) is -1.05. The highest BCUT2D eigenvalue weighted by molar-refractivity contribution is 9.10. The number of nitrogens with zero attached hydrogens (tertiary/aromatic N) is 1. The first-order chi connectivity index (χ1) is 9.54. The lowest BCUT2D eigenvalue weighted by Gasteiger charge is -2.18. The third kappa shape index (κ3) is 3.24. The molecule has 2 rings (SSSR count). The maximum absolute atomic E-state index is 14.1. The summed E-state index contributed by atoms with van der Waals surface area (Å²) in [6.07, 6.45) is 0.258. The minimum atomic E-state index is -0.532. The van der Waals surface area contributed by atoms with Crippen molar-refractivity contribution in [3.8, 4) is 0 Å². The number of thiazole rings is 1. The van der Waals surface area contributed by atoms with E-state index in [2.05, 4.69) is 26.2 Å². The van der Waals surface area contributed by atoms with Gasteiger partial charge >= 0.3 is 0 Å². The molecule has 1 aromatic carbocycles. The van der Waals surface area contributed by atoms with Crippen LogP contribution < -0.4 is 5.32 Å². The van der Waals surface area contributed by atoms with E-state index in [1.807, 2.05) is 13.8 Å². The minimum absolute atomic E-state index is 0.0955. The van der Waals surface area contributed by atoms with E-state index in [0.717, 1.165) is 17.1 Å². The second-order valence-corrected chi connectivity index (χ2v) is 6.18. The molecule has 0 aliphatic heterocycles. The molecule has 1 N–H and O–H groups in total. The number of halogens is 3. The molecule has 2 nitrogen and oxygen atoms in total. The van der Waals surface area contributed by atoms with E-state index in [9.17, 15) is 8.78 Å². The van der Waals surface area contributed by atoms with Gasteiger partial charge in [-0.15, -0.1) is 11.3 Å². The Morgan fingerprint density at radius 3 is 2.75 bits per heavy atom. The van der Waals surface area contributed by atoms with E-state index in [1.54, 1.807) is 5.51 Å². The molecule has 0 amide bonds. The van der Waals surface area contributed by atoms with E-state index < -0.39 is 11.6 Å². The highest BCUT2D eigenvalue weighted by Gasteiger charge is 2.21. The van der Waals surface area contributed by atoms with Crippen LogP contribution in [0.1, 0.15) is 29.1 Å². The predicted octanol–water partition coefficient (Wildman–Crippen LogP) is 4.39. The molecule has 0 fully saturated rings. The van der Waals surface area contributed by atoms with Gasteiger partial charge in [0.15, 0.2) is 0 Å². The van der Waals surface area contributed by atoms with Crippen molar-refractivity contribution in [1.82, 2.24) is 10.3 Å². The summed E-state index contributed by atoms with van der Waals surface area (Å²) in [6, 6.07) is 2.53. The van der Waals surface area contributed by atoms with E-state index in [4.69, 9.17) is 0 Å². The topological polar surface area (TPSA) is 24.9 Å². The summed E-state index contributed by atoms with van der Waals surface area (Å²) in [6.45, 7) is 4.60. The first-order valence-corrected chi connectivity index (χ1v) is 7.97. The molecule has 6 heteroatoms. The molecule has 1 unspecified atom stereocenters. The number of likely N-dealkylation sites (N-methyl/N-ethyl adjacent to an activating group) is 1. The van der Waals surface area contributed by atoms with Crippen LogP contribution in [0.3, 0.4) is 0 Å². The van der Waals surface area contributed by atoms with Crippen molar-refractivity contribution < 1.29 is 8.78 Å². The van der Waals surface area contributed by atoms with Gasteiger partial charge in [0, 0.05) is 16.5 Å². The molecule has 0 radical (unpaired) electrons. The van der Waals surface area contributed by atoms with Gasteiger partial charge < -0.3 is 5.32 Å². The van der Waals surface area contributed by atoms with Crippen LogP contribution in [0, 0.1) is 18.6 Å². The van der Waals surface area contributed by atoms with Crippen LogP contribution >= 0.6 is 27.3 Å². The Labute approximate surface area is 129 Å². The zero-order valence-electron chi connectivity index (χ0n) is 11.2. The fourth-order valence-corrected chi connectivity index (χ4v) is 3.36. The molecule has 0 aliphatic rings. The third-order valence-electron chi connectivity index (χ3n) is 3.10. The van der Waals surface area contributed by atoms with E-state index in [1.165, 1.54) is 23.5 Å². The molecular formula is C14H15BrF2N2S. The van der Waals surface area contributed by atoms with Gasteiger partial charge in [0.2, 0.25) is 0 Å². The van der Waals surface area contributed by atoms with Crippen LogP contribution in [0.2, 0.25) is 0 Å². The third-order valence-corrected chi connectivity index (χ3v) is 4.75. The molecule has 0 bridgehead atoms. The fraction of sp³-hybridized carbons (Fsp3) is 0.357. The highest BCUT2D eigenvalue weighted by atomic mass is 79.9. The molecule has 1 atom stereocenters. The van der Waals surface area contributed by atoms with Crippen molar-refractivity contribution in [2.24, 2.45) is 0 Å². The molecule has 2 aromatic rings. The van der Waals surface area contributed by atoms with Crippen molar-refractivity contribution in [2.45, 2.75) is 26.3 Å². The quantitative estimate of drug-likeness (QED) is 0.800. The SMILES string of the molecule is CCNC(Cc1c(F)ccc(Br)c1F)c1scnc1C. The minimum Gasteiger partial charge on any atom is -0.309 e. The fourth-order valence-electron chi connectivity index (χ4n) is 2.11. The van der Waals surface area contributed by atoms with Gasteiger partial charge in [0.1, 0.15) is 11.6 Å². The second-order valence-electron chi connectivity index (χ2n) is 4.44. The number of rotatable bonds is 5. The number of benzene rings is 1. The summed E-state index contributed by atoms with van der Waals surface area (Å²) >= 11 is 4.60. The lowest BCUT2D eigenvalue weighted by atomic mass is 10.0. The van der Waals surface area contributed by atoms with E-state index in [0.29, 0.717) is 0 Å². The molecule has 108 valence electrons. The van der Waals surface area contributed by atoms with E-state index in [-0.39, 0.29) is 22.5 Å². The lowest BCUT2D eigenvalue weighted by Crippen LogP contribution is -2.23. The van der Waals surface area contributed by atoms with Crippen LogP contribution in [0.4, 0.5) is 8.78 Å². The number of nitrogens with one attached hydrogen (secondary N) is 1. The molecule has 0 spiro atoms. The molecule has 0 aliphatic carbocycles. The Bertz CT molecular complexity index is 601. The number of hydrogen-bond acceptors (Lipinski definition) is 3. The molecule has 20 heavy (non-hydrogen) atoms. The van der Waals surface area contributed by atoms with Gasteiger partial charge in [0.05, 0.1) is 15.7 Å². The molecule has 1 heterocycles. The van der Waals surface area contributed by atoms with Gasteiger partial charge in [-0.1, -0.05) is 6.92 Å². The Morgan fingerprint density at radius 2 is 2.15 bits per heavy atom. The average molecular weight is 361 g/mol. The predicted molar refractivity (Wildman–Crippen MR) is 81.0 cm³/mol. The maximum atomic E-state index is 14.1. The summed E-state index contributed by atoms with van der Waals surface area (Å²) < 4.78 is 28.2. The summed E-state index contributed by atoms with van der Waals surface area (Å²) in [7, 11) is 0. The van der Waals surface area contributed by atoms with Crippen LogP contribution in [0.15, 0.2) is 22.1 Å². The highest BCUT2D eigenvalue weighted by Crippen LogP contribution is 2.29. The summed E-state index contributed by atoms with van der Waals surface area (Å²) in [4.78, 5) is 5.22. The summed E-state index contributed by atoms with van der Waals surface area (Å²) in [5, 5.41) is 3.27. The van der Waals surface area contributed by atoms with Crippen molar-refractivity contribution in [3.05, 3.63) is 49.9 Å². The first-order valence-electron chi connectivity index (χ1n) is 6.30. The van der Waals surface area contributed by atoms with Crippen LogP contribution in [-0.4, -0.2) is 11.5 Å². The van der Waals surface area contributed by atoms with Gasteiger partial charge in [0.25, 0.3) is 0 Å². The molecular weight excluding hydrogens is 346 g/mol. The van der Waals surface area contributed by atoms with Crippen LogP contribution in [0.5, 0.6) is 0 Å². The number of aromatic nitrogens is 1. The van der Waals surface area contributed by atoms with Crippen LogP contribution in [0.25, 0.3) is 0 Å². The van der Waals surface area contributed by atoms with Gasteiger partial charge in [-0.05, 0) is 48.0 Å². The molecule has 1 aromatic heterocycles. The monoisotopic (exact) mass is 360 g/mol. The van der Waals surface area contributed by atoms with Crippen molar-refractivity contribution >= 4 is 27.3 Å². The molecule has 0 saturated heterocycles. The Morgan fingerprint density at radius 1 is 1.40 bits per heavy atom. The zero-order valence-corrected chi connectivity index (χ0v) is 13.6. The Balaban J connectivity index is 2.34. The van der Waals surface area contributed by atoms with Crippen molar-refractivity contribution in [3.63, 3.8) is 0 Å². The van der Waals surface area contributed by atoms with Crippen molar-refractivity contribution in [1.29, 1.82) is 0 Å². The Hall–Kier alpha value is -0.850. The molecule has 0 saturated carbocycles. The van der Waals surface area contributed by atoms with E-state index >= 15 is 0 Å². The standard InChI is InChI=1S/C14H15BrF2N2S/c1-3-18-12(14-8(2)19-7-20-14)6-9-11(16)5-4-10(15)13(9)17/h4-5,7,12,18H,3,6H2,1-2H3. The lowest BCUT2D eigenvalue weighted by molar-refractivity contribution is 0.500. The maximum Gasteiger partial charge on any atom is 0.143 e. The van der Waals surface area contributed by atoms with Gasteiger partial charge in [-0.3, -0.25) is 0 Å². The average Bonchev–Trinajstić information content (AvgIpc) is 2.84. The smallest absolute Gasteiger partial charge is 0.143 e. The summed E-state index contributed by atoms with van der Waals surface area (Å²) in [5.41, 5.74) is 2.75. The normalized spacial score (nSPS) is 12.7. The number of hydrogen-bond donors (Lipinski definition) is 1. The Kier molecular flexibility index (Phi) is 5.23. The van der Waals surface area contributed by atoms with Gasteiger partial charge in [-0.25, -0.2) is 13.8 Å². The number of aryl methyl sites for hydroxylation is 1. The van der Waals surface area contributed by atoms with Crippen molar-refractivity contribution in [2.75, 3.05) is 6.54 Å². The zero-order chi connectivity index (χ0) is 14.7. The second kappa shape index (κ2) is 6.74. The first kappa shape index (κ1) is 15.5.